The second kappa shape index (κ2) is 6.10. The largest absolute Gasteiger partial charge is 0.378 e. The van der Waals surface area contributed by atoms with E-state index in [2.05, 4.69) is 88.3 Å². The normalized spacial score (nSPS) is 12.3. The minimum absolute atomic E-state index is 0.260. The van der Waals surface area contributed by atoms with E-state index in [9.17, 15) is 0 Å². The molecule has 1 unspecified atom stereocenters. The van der Waals surface area contributed by atoms with Gasteiger partial charge in [0.25, 0.3) is 0 Å². The molecule has 1 N–H and O–H groups in total. The summed E-state index contributed by atoms with van der Waals surface area (Å²) in [6.07, 6.45) is 0. The van der Waals surface area contributed by atoms with Gasteiger partial charge in [-0.15, -0.1) is 0 Å². The molecule has 1 nitrogen and oxygen atoms in total. The van der Waals surface area contributed by atoms with Crippen molar-refractivity contribution in [2.75, 3.05) is 5.32 Å². The van der Waals surface area contributed by atoms with Gasteiger partial charge in [0.15, 0.2) is 0 Å². The van der Waals surface area contributed by atoms with Gasteiger partial charge in [-0.2, -0.15) is 0 Å². The molecular weight excluding hydrogens is 366 g/mol. The topological polar surface area (TPSA) is 12.0 Å². The zero-order valence-corrected chi connectivity index (χ0v) is 14.5. The molecule has 0 aliphatic rings. The summed E-state index contributed by atoms with van der Waals surface area (Å²) in [6.45, 7) is 6.41. The van der Waals surface area contributed by atoms with E-state index in [1.54, 1.807) is 0 Å². The van der Waals surface area contributed by atoms with Gasteiger partial charge in [-0.05, 0) is 55.7 Å². The van der Waals surface area contributed by atoms with Crippen molar-refractivity contribution in [3.05, 3.63) is 62.0 Å². The maximum Gasteiger partial charge on any atom is 0.0496 e. The van der Waals surface area contributed by atoms with E-state index in [1.165, 1.54) is 21.2 Å². The van der Waals surface area contributed by atoms with E-state index in [1.807, 2.05) is 6.07 Å². The molecule has 0 aliphatic heterocycles. The monoisotopic (exact) mass is 381 g/mol. The summed E-state index contributed by atoms with van der Waals surface area (Å²) in [5, 5.41) is 3.56. The first-order chi connectivity index (χ1) is 8.99. The first-order valence-corrected chi connectivity index (χ1v) is 7.85. The van der Waals surface area contributed by atoms with Crippen LogP contribution in [0.15, 0.2) is 45.3 Å². The van der Waals surface area contributed by atoms with Gasteiger partial charge in [0.2, 0.25) is 0 Å². The molecule has 3 heteroatoms. The van der Waals surface area contributed by atoms with Gasteiger partial charge in [-0.3, -0.25) is 0 Å². The van der Waals surface area contributed by atoms with Crippen LogP contribution in [0, 0.1) is 13.8 Å². The molecule has 100 valence electrons. The van der Waals surface area contributed by atoms with Gasteiger partial charge >= 0.3 is 0 Å². The van der Waals surface area contributed by atoms with Crippen molar-refractivity contribution in [2.24, 2.45) is 0 Å². The second-order valence-corrected chi connectivity index (χ2v) is 6.46. The van der Waals surface area contributed by atoms with Gasteiger partial charge in [-0.1, -0.05) is 50.1 Å². The molecule has 1 atom stereocenters. The van der Waals surface area contributed by atoms with E-state index < -0.39 is 0 Å². The summed E-state index contributed by atoms with van der Waals surface area (Å²) in [4.78, 5) is 0. The Kier molecular flexibility index (Phi) is 4.69. The Labute approximate surface area is 131 Å². The number of halogens is 2. The maximum atomic E-state index is 3.60. The number of anilines is 1. The summed E-state index contributed by atoms with van der Waals surface area (Å²) in [7, 11) is 0. The van der Waals surface area contributed by atoms with E-state index in [-0.39, 0.29) is 6.04 Å². The third-order valence-electron chi connectivity index (χ3n) is 3.19. The predicted molar refractivity (Wildman–Crippen MR) is 89.8 cm³/mol. The molecule has 0 saturated carbocycles. The lowest BCUT2D eigenvalue weighted by atomic mass is 10.1. The van der Waals surface area contributed by atoms with Crippen LogP contribution in [0.5, 0.6) is 0 Å². The van der Waals surface area contributed by atoms with Crippen molar-refractivity contribution in [1.82, 2.24) is 0 Å². The van der Waals surface area contributed by atoms with Crippen molar-refractivity contribution in [3.63, 3.8) is 0 Å². The van der Waals surface area contributed by atoms with Crippen LogP contribution in [-0.4, -0.2) is 0 Å². The number of benzene rings is 2. The lowest BCUT2D eigenvalue weighted by molar-refractivity contribution is 0.878. The average molecular weight is 383 g/mol. The quantitative estimate of drug-likeness (QED) is 0.686. The molecule has 0 spiro atoms. The number of hydrogen-bond acceptors (Lipinski definition) is 1. The van der Waals surface area contributed by atoms with Crippen LogP contribution in [0.3, 0.4) is 0 Å². The maximum absolute atomic E-state index is 3.60. The summed E-state index contributed by atoms with van der Waals surface area (Å²) in [6, 6.07) is 12.9. The molecule has 2 aromatic rings. The van der Waals surface area contributed by atoms with Gasteiger partial charge in [0.1, 0.15) is 0 Å². The molecule has 0 saturated heterocycles. The van der Waals surface area contributed by atoms with Crippen molar-refractivity contribution >= 4 is 37.5 Å². The van der Waals surface area contributed by atoms with Crippen LogP contribution in [0.4, 0.5) is 5.69 Å². The first kappa shape index (κ1) is 14.6. The highest BCUT2D eigenvalue weighted by molar-refractivity contribution is 9.10. The van der Waals surface area contributed by atoms with Crippen LogP contribution in [0.2, 0.25) is 0 Å². The Morgan fingerprint density at radius 2 is 1.58 bits per heavy atom. The molecule has 2 rings (SSSR count). The first-order valence-electron chi connectivity index (χ1n) is 6.26. The fourth-order valence-corrected chi connectivity index (χ4v) is 3.04. The lowest BCUT2D eigenvalue weighted by Gasteiger charge is -2.18. The Hall–Kier alpha value is -0.800. The van der Waals surface area contributed by atoms with E-state index in [0.717, 1.165) is 10.2 Å². The highest BCUT2D eigenvalue weighted by atomic mass is 79.9. The smallest absolute Gasteiger partial charge is 0.0496 e. The standard InChI is InChI=1S/C16H17Br2N/c1-10-8-13(9-11(2)16(10)18)19-12(3)14-6-4-5-7-15(14)17/h4-9,12,19H,1-3H3. The number of hydrogen-bond donors (Lipinski definition) is 1. The Balaban J connectivity index is 2.24. The molecule has 0 amide bonds. The van der Waals surface area contributed by atoms with Gasteiger partial charge in [-0.25, -0.2) is 0 Å². The van der Waals surface area contributed by atoms with Crippen LogP contribution < -0.4 is 5.32 Å². The number of aryl methyl sites for hydroxylation is 2. The second-order valence-electron chi connectivity index (χ2n) is 4.81. The predicted octanol–water partition coefficient (Wildman–Crippen LogP) is 6.00. The van der Waals surface area contributed by atoms with E-state index in [0.29, 0.717) is 0 Å². The molecule has 0 aliphatic carbocycles. The third-order valence-corrected chi connectivity index (χ3v) is 5.16. The highest BCUT2D eigenvalue weighted by Crippen LogP contribution is 2.29. The zero-order valence-electron chi connectivity index (χ0n) is 11.3. The van der Waals surface area contributed by atoms with Crippen molar-refractivity contribution in [1.29, 1.82) is 0 Å². The molecule has 19 heavy (non-hydrogen) atoms. The van der Waals surface area contributed by atoms with Crippen molar-refractivity contribution in [2.45, 2.75) is 26.8 Å². The minimum Gasteiger partial charge on any atom is -0.378 e. The van der Waals surface area contributed by atoms with Gasteiger partial charge in [0.05, 0.1) is 0 Å². The molecular formula is C16H17Br2N. The lowest BCUT2D eigenvalue weighted by Crippen LogP contribution is -2.07. The summed E-state index contributed by atoms with van der Waals surface area (Å²) in [5.41, 5.74) is 4.92. The van der Waals surface area contributed by atoms with Crippen LogP contribution >= 0.6 is 31.9 Å². The van der Waals surface area contributed by atoms with Gasteiger partial charge < -0.3 is 5.32 Å². The van der Waals surface area contributed by atoms with Crippen LogP contribution in [0.25, 0.3) is 0 Å². The zero-order chi connectivity index (χ0) is 14.0. The summed E-state index contributed by atoms with van der Waals surface area (Å²) < 4.78 is 2.33. The molecule has 2 aromatic carbocycles. The molecule has 0 bridgehead atoms. The Morgan fingerprint density at radius 3 is 2.16 bits per heavy atom. The molecule has 0 radical (unpaired) electrons. The summed E-state index contributed by atoms with van der Waals surface area (Å²) in [5.74, 6) is 0. The number of rotatable bonds is 3. The van der Waals surface area contributed by atoms with Crippen molar-refractivity contribution in [3.8, 4) is 0 Å². The third kappa shape index (κ3) is 3.40. The highest BCUT2D eigenvalue weighted by Gasteiger charge is 2.10. The van der Waals surface area contributed by atoms with E-state index >= 15 is 0 Å². The number of nitrogens with one attached hydrogen (secondary N) is 1. The van der Waals surface area contributed by atoms with E-state index in [4.69, 9.17) is 0 Å². The minimum atomic E-state index is 0.260. The fourth-order valence-electron chi connectivity index (χ4n) is 2.18. The Bertz CT molecular complexity index is 570. The average Bonchev–Trinajstić information content (AvgIpc) is 2.36. The fraction of sp³-hybridized carbons (Fsp3) is 0.250. The molecule has 0 aromatic heterocycles. The van der Waals surface area contributed by atoms with Gasteiger partial charge in [0, 0.05) is 20.7 Å². The molecule has 0 heterocycles. The summed E-state index contributed by atoms with van der Waals surface area (Å²) >= 11 is 7.20. The van der Waals surface area contributed by atoms with Crippen molar-refractivity contribution < 1.29 is 0 Å². The van der Waals surface area contributed by atoms with Crippen LogP contribution in [-0.2, 0) is 0 Å². The Morgan fingerprint density at radius 1 is 1.00 bits per heavy atom. The van der Waals surface area contributed by atoms with Crippen LogP contribution in [0.1, 0.15) is 29.7 Å². The SMILES string of the molecule is Cc1cc(NC(C)c2ccccc2Br)cc(C)c1Br. The molecule has 0 fully saturated rings.